The van der Waals surface area contributed by atoms with Crippen molar-refractivity contribution in [2.75, 3.05) is 11.9 Å². The van der Waals surface area contributed by atoms with Crippen LogP contribution in [0, 0.1) is 22.5 Å². The summed E-state index contributed by atoms with van der Waals surface area (Å²) in [6.45, 7) is 3.31. The predicted octanol–water partition coefficient (Wildman–Crippen LogP) is 4.46. The van der Waals surface area contributed by atoms with Gasteiger partial charge < -0.3 is 10.2 Å². The summed E-state index contributed by atoms with van der Waals surface area (Å²) >= 11 is 0. The first-order chi connectivity index (χ1) is 19.0. The van der Waals surface area contributed by atoms with Crippen LogP contribution < -0.4 is 5.32 Å². The number of rotatable bonds is 4. The topological polar surface area (TPSA) is 102 Å². The van der Waals surface area contributed by atoms with Crippen LogP contribution in [-0.4, -0.2) is 45.3 Å². The molecule has 0 radical (unpaired) electrons. The van der Waals surface area contributed by atoms with Crippen molar-refractivity contribution in [3.8, 4) is 0 Å². The van der Waals surface area contributed by atoms with E-state index in [0.29, 0.717) is 42.5 Å². The lowest BCUT2D eigenvalue weighted by Crippen LogP contribution is -2.50. The number of piperidine rings is 1. The van der Waals surface area contributed by atoms with Crippen LogP contribution in [0.25, 0.3) is 0 Å². The van der Waals surface area contributed by atoms with Crippen molar-refractivity contribution >= 4 is 29.2 Å². The van der Waals surface area contributed by atoms with Gasteiger partial charge in [-0.15, -0.1) is 0 Å². The lowest BCUT2D eigenvalue weighted by Gasteiger charge is -2.43. The molecule has 3 heterocycles. The van der Waals surface area contributed by atoms with E-state index in [0.717, 1.165) is 22.3 Å². The number of carbonyl (C=O) groups is 3. The minimum Gasteiger partial charge on any atom is -0.326 e. The monoisotopic (exact) mass is 546 g/mol. The highest BCUT2D eigenvalue weighted by Crippen LogP contribution is 2.49. The van der Waals surface area contributed by atoms with E-state index in [1.165, 1.54) is 23.2 Å². The van der Waals surface area contributed by atoms with Gasteiger partial charge in [-0.25, -0.2) is 13.8 Å². The van der Waals surface area contributed by atoms with Crippen molar-refractivity contribution < 1.29 is 28.4 Å². The maximum atomic E-state index is 14.0. The molecule has 1 spiro atoms. The van der Waals surface area contributed by atoms with Crippen molar-refractivity contribution in [1.82, 2.24) is 9.96 Å². The van der Waals surface area contributed by atoms with Gasteiger partial charge in [0.15, 0.2) is 5.84 Å². The zero-order valence-electron chi connectivity index (χ0n) is 22.1. The number of amidine groups is 1. The number of nitrogens with zero attached hydrogens (tertiary/aromatic N) is 3. The normalized spacial score (nSPS) is 24.7. The van der Waals surface area contributed by atoms with Gasteiger partial charge >= 0.3 is 0 Å². The van der Waals surface area contributed by atoms with Gasteiger partial charge in [-0.1, -0.05) is 26.0 Å². The van der Waals surface area contributed by atoms with E-state index in [4.69, 9.17) is 0 Å². The Morgan fingerprint density at radius 3 is 2.58 bits per heavy atom. The van der Waals surface area contributed by atoms with Gasteiger partial charge in [-0.05, 0) is 72.7 Å². The second-order valence-electron chi connectivity index (χ2n) is 11.5. The minimum atomic E-state index is -0.898. The second-order valence-corrected chi connectivity index (χ2v) is 11.5. The summed E-state index contributed by atoms with van der Waals surface area (Å²) in [5.41, 5.74) is 1.70. The number of allylic oxidation sites excluding steroid dienone is 2. The first kappa shape index (κ1) is 26.1. The maximum absolute atomic E-state index is 14.0. The van der Waals surface area contributed by atoms with Crippen molar-refractivity contribution in [2.45, 2.75) is 45.6 Å². The number of anilines is 1. The van der Waals surface area contributed by atoms with E-state index in [-0.39, 0.29) is 24.2 Å². The van der Waals surface area contributed by atoms with Crippen LogP contribution in [-0.2, 0) is 27.2 Å². The molecule has 1 saturated heterocycles. The van der Waals surface area contributed by atoms with Crippen LogP contribution >= 0.6 is 0 Å². The molecule has 4 aliphatic rings. The van der Waals surface area contributed by atoms with E-state index >= 15 is 0 Å². The zero-order chi connectivity index (χ0) is 28.4. The van der Waals surface area contributed by atoms with Crippen molar-refractivity contribution in [3.63, 3.8) is 0 Å². The molecular weight excluding hydrogens is 518 g/mol. The summed E-state index contributed by atoms with van der Waals surface area (Å²) in [6.07, 6.45) is 6.67. The Morgan fingerprint density at radius 2 is 1.82 bits per heavy atom. The predicted molar refractivity (Wildman–Crippen MR) is 142 cm³/mol. The molecule has 206 valence electrons. The molecule has 0 saturated carbocycles. The molecule has 0 bridgehead atoms. The lowest BCUT2D eigenvalue weighted by molar-refractivity contribution is -0.150. The molecule has 40 heavy (non-hydrogen) atoms. The standard InChI is InChI=1S/C30H28F2N4O4/c1-29(2)8-7-24(18-10-20(31)13-21(32)11-18)35(28(29)39)16-25(37)33-22-6-5-17-14-30(15-19(17)12-22)23-4-3-9-36(40)26(23)34-27(30)38/h3-6,9-13,24,40H,7-8,14-16H2,1-2H3,(H,33,37)/t24-,30?/m0/s1. The third kappa shape index (κ3) is 4.23. The molecule has 3 amide bonds. The van der Waals surface area contributed by atoms with E-state index in [1.807, 2.05) is 12.1 Å². The first-order valence-corrected chi connectivity index (χ1v) is 13.2. The third-order valence-electron chi connectivity index (χ3n) is 8.40. The van der Waals surface area contributed by atoms with Crippen LogP contribution in [0.2, 0.25) is 0 Å². The molecule has 1 unspecified atom stereocenters. The summed E-state index contributed by atoms with van der Waals surface area (Å²) in [7, 11) is 0. The Morgan fingerprint density at radius 1 is 1.10 bits per heavy atom. The fourth-order valence-electron chi connectivity index (χ4n) is 6.33. The quantitative estimate of drug-likeness (QED) is 0.590. The molecule has 3 aliphatic heterocycles. The fourth-order valence-corrected chi connectivity index (χ4v) is 6.33. The molecule has 2 atom stereocenters. The van der Waals surface area contributed by atoms with E-state index in [2.05, 4.69) is 10.3 Å². The Hall–Kier alpha value is -4.18. The molecule has 1 aliphatic carbocycles. The largest absolute Gasteiger partial charge is 0.326 e. The molecular formula is C30H28F2N4O4. The molecule has 10 heteroatoms. The van der Waals surface area contributed by atoms with Crippen molar-refractivity contribution in [3.05, 3.63) is 88.6 Å². The fraction of sp³-hybridized carbons (Fsp3) is 0.333. The third-order valence-corrected chi connectivity index (χ3v) is 8.40. The van der Waals surface area contributed by atoms with Gasteiger partial charge in [0, 0.05) is 28.9 Å². The summed E-state index contributed by atoms with van der Waals surface area (Å²) in [6, 6.07) is 7.95. The Balaban J connectivity index is 1.21. The number of hydrogen-bond donors (Lipinski definition) is 2. The highest BCUT2D eigenvalue weighted by atomic mass is 19.1. The summed E-state index contributed by atoms with van der Waals surface area (Å²) in [5.74, 6) is -2.27. The maximum Gasteiger partial charge on any atom is 0.259 e. The van der Waals surface area contributed by atoms with Crippen LogP contribution in [0.3, 0.4) is 0 Å². The van der Waals surface area contributed by atoms with E-state index < -0.39 is 34.4 Å². The Kier molecular flexibility index (Phi) is 5.99. The number of carbonyl (C=O) groups excluding carboxylic acids is 3. The van der Waals surface area contributed by atoms with E-state index in [9.17, 15) is 28.4 Å². The van der Waals surface area contributed by atoms with Gasteiger partial charge in [0.2, 0.25) is 11.8 Å². The van der Waals surface area contributed by atoms with Crippen LogP contribution in [0.1, 0.15) is 49.4 Å². The minimum absolute atomic E-state index is 0.232. The highest BCUT2D eigenvalue weighted by molar-refractivity contribution is 6.17. The van der Waals surface area contributed by atoms with E-state index in [1.54, 1.807) is 32.1 Å². The van der Waals surface area contributed by atoms with Crippen molar-refractivity contribution in [1.29, 1.82) is 0 Å². The van der Waals surface area contributed by atoms with Crippen molar-refractivity contribution in [2.24, 2.45) is 15.8 Å². The molecule has 2 aromatic rings. The van der Waals surface area contributed by atoms with Crippen LogP contribution in [0.4, 0.5) is 14.5 Å². The molecule has 1 fully saturated rings. The average molecular weight is 547 g/mol. The molecule has 8 nitrogen and oxygen atoms in total. The van der Waals surface area contributed by atoms with Gasteiger partial charge in [0.1, 0.15) is 18.2 Å². The summed E-state index contributed by atoms with van der Waals surface area (Å²) in [4.78, 5) is 45.0. The number of hydrogen-bond acceptors (Lipinski definition) is 5. The zero-order valence-corrected chi connectivity index (χ0v) is 22.1. The number of hydroxylamine groups is 2. The van der Waals surface area contributed by atoms with Gasteiger partial charge in [-0.3, -0.25) is 19.6 Å². The van der Waals surface area contributed by atoms with Gasteiger partial charge in [0.25, 0.3) is 5.91 Å². The van der Waals surface area contributed by atoms with Gasteiger partial charge in [-0.2, -0.15) is 4.99 Å². The number of benzene rings is 2. The number of fused-ring (bicyclic) bond motifs is 3. The molecule has 0 aromatic heterocycles. The highest BCUT2D eigenvalue weighted by Gasteiger charge is 2.53. The summed E-state index contributed by atoms with van der Waals surface area (Å²) < 4.78 is 28.0. The Bertz CT molecular complexity index is 1540. The second kappa shape index (κ2) is 9.19. The summed E-state index contributed by atoms with van der Waals surface area (Å²) in [5, 5.41) is 13.8. The average Bonchev–Trinajstić information content (AvgIpc) is 3.39. The number of likely N-dealkylation sites (tertiary alicyclic amines) is 1. The number of aliphatic imine (C=N–C) groups is 1. The first-order valence-electron chi connectivity index (χ1n) is 13.2. The SMILES string of the molecule is CC1(C)CC[C@@H](c2cc(F)cc(F)c2)N(CC(=O)Nc2ccc3c(c2)CC2(C3)C(=O)N=C3C2=CC=CN3O)C1=O. The molecule has 2 N–H and O–H groups in total. The smallest absolute Gasteiger partial charge is 0.259 e. The van der Waals surface area contributed by atoms with Crippen LogP contribution in [0.15, 0.2) is 65.3 Å². The molecule has 2 aromatic carbocycles. The number of amides is 3. The lowest BCUT2D eigenvalue weighted by atomic mass is 9.77. The van der Waals surface area contributed by atoms with Crippen LogP contribution in [0.5, 0.6) is 0 Å². The molecule has 6 rings (SSSR count). The number of halogens is 2. The number of nitrogens with one attached hydrogen (secondary N) is 1. The Labute approximate surface area is 229 Å². The van der Waals surface area contributed by atoms with Gasteiger partial charge in [0.05, 0.1) is 11.5 Å².